The average Bonchev–Trinajstić information content (AvgIpc) is 2.41. The Kier molecular flexibility index (Phi) is 4.84. The molecule has 1 atom stereocenters. The summed E-state index contributed by atoms with van der Waals surface area (Å²) in [6, 6.07) is 5.16. The first-order valence-corrected chi connectivity index (χ1v) is 7.04. The lowest BCUT2D eigenvalue weighted by Gasteiger charge is -2.32. The largest absolute Gasteiger partial charge is 0.493 e. The smallest absolute Gasteiger partial charge is 0.339 e. The van der Waals surface area contributed by atoms with E-state index in [1.165, 1.54) is 25.3 Å². The molecule has 5 nitrogen and oxygen atoms in total. The minimum Gasteiger partial charge on any atom is -0.493 e. The van der Waals surface area contributed by atoms with Crippen molar-refractivity contribution in [1.29, 1.82) is 0 Å². The van der Waals surface area contributed by atoms with Gasteiger partial charge in [-0.2, -0.15) is 0 Å². The number of ether oxygens (including phenoxy) is 1. The zero-order valence-electron chi connectivity index (χ0n) is 11.8. The molecule has 0 saturated carbocycles. The van der Waals surface area contributed by atoms with Crippen LogP contribution in [0.15, 0.2) is 18.2 Å². The summed E-state index contributed by atoms with van der Waals surface area (Å²) in [7, 11) is 2.13. The van der Waals surface area contributed by atoms with E-state index in [2.05, 4.69) is 11.9 Å². The molecule has 0 aliphatic carbocycles. The third-order valence-electron chi connectivity index (χ3n) is 3.87. The Bertz CT molecular complexity index is 476. The number of hydrogen-bond donors (Lipinski definition) is 2. The summed E-state index contributed by atoms with van der Waals surface area (Å²) >= 11 is 0. The first-order chi connectivity index (χ1) is 9.58. The number of carbonyl (C=O) groups is 1. The van der Waals surface area contributed by atoms with Crippen LogP contribution in [0.5, 0.6) is 5.75 Å². The number of nitrogens with two attached hydrogens (primary N) is 1. The Morgan fingerprint density at radius 3 is 3.00 bits per heavy atom. The fourth-order valence-electron chi connectivity index (χ4n) is 2.65. The van der Waals surface area contributed by atoms with Crippen molar-refractivity contribution < 1.29 is 14.6 Å². The number of hydrogen-bond acceptors (Lipinski definition) is 4. The highest BCUT2D eigenvalue weighted by Crippen LogP contribution is 2.23. The van der Waals surface area contributed by atoms with Crippen LogP contribution in [-0.4, -0.2) is 42.2 Å². The molecule has 1 unspecified atom stereocenters. The second-order valence-corrected chi connectivity index (χ2v) is 5.33. The summed E-state index contributed by atoms with van der Waals surface area (Å²) in [6.45, 7) is 1.64. The molecule has 1 fully saturated rings. The number of likely N-dealkylation sites (tertiary alicyclic amines) is 1. The number of anilines is 1. The Labute approximate surface area is 119 Å². The molecule has 110 valence electrons. The lowest BCUT2D eigenvalue weighted by atomic mass is 10.0. The van der Waals surface area contributed by atoms with Gasteiger partial charge in [-0.25, -0.2) is 4.79 Å². The van der Waals surface area contributed by atoms with Gasteiger partial charge in [0.15, 0.2) is 0 Å². The fourth-order valence-corrected chi connectivity index (χ4v) is 2.65. The number of piperidine rings is 1. The second-order valence-electron chi connectivity index (χ2n) is 5.33. The van der Waals surface area contributed by atoms with Gasteiger partial charge in [0.1, 0.15) is 11.3 Å². The lowest BCUT2D eigenvalue weighted by Crippen LogP contribution is -2.37. The number of carboxylic acid groups (broad SMARTS) is 1. The highest BCUT2D eigenvalue weighted by Gasteiger charge is 2.19. The Balaban J connectivity index is 1.93. The predicted octanol–water partition coefficient (Wildman–Crippen LogP) is 2.22. The van der Waals surface area contributed by atoms with Crippen LogP contribution in [0.3, 0.4) is 0 Å². The Morgan fingerprint density at radius 1 is 1.50 bits per heavy atom. The van der Waals surface area contributed by atoms with E-state index in [-0.39, 0.29) is 5.56 Å². The number of aromatic carboxylic acids is 1. The van der Waals surface area contributed by atoms with Crippen molar-refractivity contribution in [2.24, 2.45) is 0 Å². The number of benzene rings is 1. The molecule has 20 heavy (non-hydrogen) atoms. The number of nitrogens with zero attached hydrogens (tertiary/aromatic N) is 1. The van der Waals surface area contributed by atoms with Crippen LogP contribution in [0.1, 0.15) is 36.0 Å². The van der Waals surface area contributed by atoms with Crippen molar-refractivity contribution in [3.63, 3.8) is 0 Å². The third kappa shape index (κ3) is 3.63. The van der Waals surface area contributed by atoms with E-state index in [9.17, 15) is 4.79 Å². The normalized spacial score (nSPS) is 19.8. The Morgan fingerprint density at radius 2 is 2.30 bits per heavy atom. The summed E-state index contributed by atoms with van der Waals surface area (Å²) in [4.78, 5) is 13.5. The zero-order chi connectivity index (χ0) is 14.5. The summed E-state index contributed by atoms with van der Waals surface area (Å²) in [5.41, 5.74) is 6.36. The molecule has 2 rings (SSSR count). The monoisotopic (exact) mass is 278 g/mol. The molecule has 1 heterocycles. The van der Waals surface area contributed by atoms with Crippen molar-refractivity contribution in [2.75, 3.05) is 25.9 Å². The van der Waals surface area contributed by atoms with Gasteiger partial charge in [-0.1, -0.05) is 6.42 Å². The lowest BCUT2D eigenvalue weighted by molar-refractivity contribution is 0.0691. The van der Waals surface area contributed by atoms with Crippen LogP contribution >= 0.6 is 0 Å². The first kappa shape index (κ1) is 14.7. The molecule has 3 N–H and O–H groups in total. The van der Waals surface area contributed by atoms with Crippen molar-refractivity contribution in [1.82, 2.24) is 4.90 Å². The number of carboxylic acids is 1. The van der Waals surface area contributed by atoms with Crippen LogP contribution in [0.25, 0.3) is 0 Å². The minimum absolute atomic E-state index is 0.163. The molecule has 0 bridgehead atoms. The van der Waals surface area contributed by atoms with Crippen LogP contribution < -0.4 is 10.5 Å². The molecule has 0 radical (unpaired) electrons. The summed E-state index contributed by atoms with van der Waals surface area (Å²) in [6.07, 6.45) is 4.60. The molecule has 1 aromatic carbocycles. The van der Waals surface area contributed by atoms with Crippen LogP contribution in [0.2, 0.25) is 0 Å². The van der Waals surface area contributed by atoms with Gasteiger partial charge in [0, 0.05) is 17.8 Å². The molecule has 1 aliphatic heterocycles. The highest BCUT2D eigenvalue weighted by molar-refractivity contribution is 5.91. The standard InChI is InChI=1S/C15H22N2O3/c1-17-8-3-2-4-12(17)7-9-20-14-10-11(16)5-6-13(14)15(18)19/h5-6,10,12H,2-4,7-9,16H2,1H3,(H,18,19). The molecule has 1 aliphatic rings. The van der Waals surface area contributed by atoms with Gasteiger partial charge in [0.2, 0.25) is 0 Å². The maximum Gasteiger partial charge on any atom is 0.339 e. The second kappa shape index (κ2) is 6.61. The molecule has 0 amide bonds. The topological polar surface area (TPSA) is 75.8 Å². The molecule has 0 spiro atoms. The maximum atomic E-state index is 11.1. The average molecular weight is 278 g/mol. The van der Waals surface area contributed by atoms with Crippen molar-refractivity contribution in [3.8, 4) is 5.75 Å². The van der Waals surface area contributed by atoms with Gasteiger partial charge in [0.05, 0.1) is 6.61 Å². The van der Waals surface area contributed by atoms with E-state index in [1.54, 1.807) is 12.1 Å². The first-order valence-electron chi connectivity index (χ1n) is 7.04. The van der Waals surface area contributed by atoms with Crippen molar-refractivity contribution in [3.05, 3.63) is 23.8 Å². The maximum absolute atomic E-state index is 11.1. The SMILES string of the molecule is CN1CCCCC1CCOc1cc(N)ccc1C(=O)O. The molecule has 1 saturated heterocycles. The van der Waals surface area contributed by atoms with Crippen LogP contribution in [-0.2, 0) is 0 Å². The summed E-state index contributed by atoms with van der Waals surface area (Å²) < 4.78 is 5.64. The molecular weight excluding hydrogens is 256 g/mol. The summed E-state index contributed by atoms with van der Waals surface area (Å²) in [5, 5.41) is 9.12. The van der Waals surface area contributed by atoms with Crippen LogP contribution in [0, 0.1) is 0 Å². The van der Waals surface area contributed by atoms with Crippen LogP contribution in [0.4, 0.5) is 5.69 Å². The van der Waals surface area contributed by atoms with E-state index in [4.69, 9.17) is 15.6 Å². The molecule has 1 aromatic rings. The quantitative estimate of drug-likeness (QED) is 0.808. The van der Waals surface area contributed by atoms with Gasteiger partial charge in [-0.05, 0) is 45.0 Å². The Hall–Kier alpha value is -1.75. The van der Waals surface area contributed by atoms with Crippen molar-refractivity contribution >= 4 is 11.7 Å². The predicted molar refractivity (Wildman–Crippen MR) is 78.2 cm³/mol. The minimum atomic E-state index is -0.991. The number of nitrogen functional groups attached to an aromatic ring is 1. The van der Waals surface area contributed by atoms with Gasteiger partial charge >= 0.3 is 5.97 Å². The zero-order valence-corrected chi connectivity index (χ0v) is 11.8. The van der Waals surface area contributed by atoms with Gasteiger partial charge in [-0.15, -0.1) is 0 Å². The van der Waals surface area contributed by atoms with E-state index in [0.29, 0.717) is 24.1 Å². The van der Waals surface area contributed by atoms with E-state index in [1.807, 2.05) is 0 Å². The molecule has 0 aromatic heterocycles. The molecular formula is C15H22N2O3. The highest BCUT2D eigenvalue weighted by atomic mass is 16.5. The number of rotatable bonds is 5. The van der Waals surface area contributed by atoms with Crippen molar-refractivity contribution in [2.45, 2.75) is 31.7 Å². The van der Waals surface area contributed by atoms with Gasteiger partial charge in [-0.3, -0.25) is 0 Å². The fraction of sp³-hybridized carbons (Fsp3) is 0.533. The van der Waals surface area contributed by atoms with E-state index >= 15 is 0 Å². The van der Waals surface area contributed by atoms with E-state index < -0.39 is 5.97 Å². The van der Waals surface area contributed by atoms with Gasteiger partial charge in [0.25, 0.3) is 0 Å². The van der Waals surface area contributed by atoms with E-state index in [0.717, 1.165) is 13.0 Å². The van der Waals surface area contributed by atoms with Gasteiger partial charge < -0.3 is 20.5 Å². The molecule has 5 heteroatoms. The summed E-state index contributed by atoms with van der Waals surface area (Å²) in [5.74, 6) is -0.634. The third-order valence-corrected chi connectivity index (χ3v) is 3.87.